The van der Waals surface area contributed by atoms with Gasteiger partial charge in [0.05, 0.1) is 5.56 Å². The highest BCUT2D eigenvalue weighted by Gasteiger charge is 2.32. The van der Waals surface area contributed by atoms with Crippen LogP contribution >= 0.6 is 0 Å². The Labute approximate surface area is 158 Å². The van der Waals surface area contributed by atoms with E-state index in [4.69, 9.17) is 9.84 Å². The Morgan fingerprint density at radius 3 is 2.36 bits per heavy atom. The van der Waals surface area contributed by atoms with E-state index in [1.54, 1.807) is 0 Å². The number of carboxylic acid groups (broad SMARTS) is 1. The lowest BCUT2D eigenvalue weighted by molar-refractivity contribution is -0.274. The molecule has 144 valence electrons. The summed E-state index contributed by atoms with van der Waals surface area (Å²) in [4.78, 5) is 11.1. The van der Waals surface area contributed by atoms with Gasteiger partial charge in [0.2, 0.25) is 0 Å². The highest BCUT2D eigenvalue weighted by atomic mass is 19.4. The third-order valence-corrected chi connectivity index (χ3v) is 3.85. The first kappa shape index (κ1) is 19.3. The molecule has 0 aliphatic rings. The molecular formula is C21H15F3O4. The summed E-state index contributed by atoms with van der Waals surface area (Å²) >= 11 is 0. The third-order valence-electron chi connectivity index (χ3n) is 3.85. The van der Waals surface area contributed by atoms with Crippen LogP contribution in [0.5, 0.6) is 11.5 Å². The molecule has 0 fully saturated rings. The van der Waals surface area contributed by atoms with Crippen LogP contribution in [0.4, 0.5) is 13.2 Å². The summed E-state index contributed by atoms with van der Waals surface area (Å²) in [5.74, 6) is -1.45. The van der Waals surface area contributed by atoms with E-state index >= 15 is 0 Å². The second-order valence-corrected chi connectivity index (χ2v) is 5.87. The fraction of sp³-hybridized carbons (Fsp3) is 0.0952. The average Bonchev–Trinajstić information content (AvgIpc) is 2.66. The van der Waals surface area contributed by atoms with E-state index in [1.165, 1.54) is 36.4 Å². The van der Waals surface area contributed by atoms with Crippen LogP contribution in [0.3, 0.4) is 0 Å². The first-order valence-corrected chi connectivity index (χ1v) is 8.22. The molecule has 0 spiro atoms. The molecule has 0 saturated heterocycles. The second kappa shape index (κ2) is 8.04. The molecule has 3 rings (SSSR count). The van der Waals surface area contributed by atoms with E-state index in [0.717, 1.165) is 11.6 Å². The van der Waals surface area contributed by atoms with Crippen LogP contribution < -0.4 is 9.47 Å². The standard InChI is InChI=1S/C21H15F3O4/c22-21(23,24)28-19-12-17(27-13-14-5-2-1-3-6-14)9-10-18(19)15-7-4-8-16(11-15)20(25)26/h1-12H,13H2,(H,25,26). The van der Waals surface area contributed by atoms with Gasteiger partial charge in [-0.05, 0) is 35.4 Å². The van der Waals surface area contributed by atoms with Gasteiger partial charge in [-0.25, -0.2) is 4.79 Å². The van der Waals surface area contributed by atoms with Crippen molar-refractivity contribution in [2.75, 3.05) is 0 Å². The van der Waals surface area contributed by atoms with Crippen LogP contribution in [0.15, 0.2) is 72.8 Å². The van der Waals surface area contributed by atoms with E-state index in [-0.39, 0.29) is 29.0 Å². The smallest absolute Gasteiger partial charge is 0.489 e. The van der Waals surface area contributed by atoms with Gasteiger partial charge < -0.3 is 14.6 Å². The van der Waals surface area contributed by atoms with Gasteiger partial charge >= 0.3 is 12.3 Å². The van der Waals surface area contributed by atoms with E-state index in [0.29, 0.717) is 0 Å². The normalized spacial score (nSPS) is 11.1. The molecule has 0 unspecified atom stereocenters. The molecule has 0 aliphatic carbocycles. The number of halogens is 3. The van der Waals surface area contributed by atoms with Crippen molar-refractivity contribution in [2.45, 2.75) is 13.0 Å². The van der Waals surface area contributed by atoms with E-state index in [9.17, 15) is 18.0 Å². The van der Waals surface area contributed by atoms with E-state index in [1.807, 2.05) is 30.3 Å². The number of alkyl halides is 3. The quantitative estimate of drug-likeness (QED) is 0.603. The van der Waals surface area contributed by atoms with Crippen LogP contribution in [0, 0.1) is 0 Å². The predicted octanol–water partition coefficient (Wildman–Crippen LogP) is 5.53. The van der Waals surface area contributed by atoms with Crippen LogP contribution in [0.25, 0.3) is 11.1 Å². The monoisotopic (exact) mass is 388 g/mol. The maximum absolute atomic E-state index is 12.9. The van der Waals surface area contributed by atoms with Crippen LogP contribution in [0.2, 0.25) is 0 Å². The molecule has 0 bridgehead atoms. The van der Waals surface area contributed by atoms with Crippen LogP contribution in [-0.4, -0.2) is 17.4 Å². The minimum atomic E-state index is -4.91. The maximum Gasteiger partial charge on any atom is 0.573 e. The fourth-order valence-corrected chi connectivity index (χ4v) is 2.60. The van der Waals surface area contributed by atoms with Crippen LogP contribution in [-0.2, 0) is 6.61 Å². The molecule has 1 N–H and O–H groups in total. The number of benzene rings is 3. The summed E-state index contributed by atoms with van der Waals surface area (Å²) in [6.45, 7) is 0.181. The van der Waals surface area contributed by atoms with Crippen molar-refractivity contribution >= 4 is 5.97 Å². The Bertz CT molecular complexity index is 969. The fourth-order valence-electron chi connectivity index (χ4n) is 2.60. The number of ether oxygens (including phenoxy) is 2. The van der Waals surface area contributed by atoms with Gasteiger partial charge in [-0.1, -0.05) is 42.5 Å². The lowest BCUT2D eigenvalue weighted by Gasteiger charge is -2.16. The van der Waals surface area contributed by atoms with Crippen molar-refractivity contribution in [3.05, 3.63) is 83.9 Å². The molecule has 0 amide bonds. The highest BCUT2D eigenvalue weighted by Crippen LogP contribution is 2.37. The molecule has 28 heavy (non-hydrogen) atoms. The summed E-state index contributed by atoms with van der Waals surface area (Å²) in [5.41, 5.74) is 1.21. The van der Waals surface area contributed by atoms with Crippen molar-refractivity contribution in [3.63, 3.8) is 0 Å². The SMILES string of the molecule is O=C(O)c1cccc(-c2ccc(OCc3ccccc3)cc2OC(F)(F)F)c1. The highest BCUT2D eigenvalue weighted by molar-refractivity contribution is 5.89. The van der Waals surface area contributed by atoms with Gasteiger partial charge in [-0.2, -0.15) is 0 Å². The largest absolute Gasteiger partial charge is 0.573 e. The Morgan fingerprint density at radius 1 is 0.929 bits per heavy atom. The lowest BCUT2D eigenvalue weighted by atomic mass is 10.0. The van der Waals surface area contributed by atoms with E-state index in [2.05, 4.69) is 4.74 Å². The molecular weight excluding hydrogens is 373 g/mol. The zero-order valence-electron chi connectivity index (χ0n) is 14.4. The number of carboxylic acids is 1. The molecule has 0 heterocycles. The zero-order valence-corrected chi connectivity index (χ0v) is 14.4. The summed E-state index contributed by atoms with van der Waals surface area (Å²) in [6, 6.07) is 18.8. The molecule has 0 aliphatic heterocycles. The number of hydrogen-bond donors (Lipinski definition) is 1. The molecule has 3 aromatic carbocycles. The van der Waals surface area contributed by atoms with Crippen molar-refractivity contribution in [2.24, 2.45) is 0 Å². The summed E-state index contributed by atoms with van der Waals surface area (Å²) in [5, 5.41) is 9.10. The zero-order chi connectivity index (χ0) is 20.1. The van der Waals surface area contributed by atoms with E-state index < -0.39 is 18.1 Å². The summed E-state index contributed by atoms with van der Waals surface area (Å²) in [6.07, 6.45) is -4.91. The summed E-state index contributed by atoms with van der Waals surface area (Å²) in [7, 11) is 0. The van der Waals surface area contributed by atoms with Crippen molar-refractivity contribution < 1.29 is 32.5 Å². The van der Waals surface area contributed by atoms with Gasteiger partial charge in [0.25, 0.3) is 0 Å². The first-order chi connectivity index (χ1) is 13.3. The molecule has 7 heteroatoms. The minimum absolute atomic E-state index is 0.0418. The second-order valence-electron chi connectivity index (χ2n) is 5.87. The van der Waals surface area contributed by atoms with Crippen molar-refractivity contribution in [3.8, 4) is 22.6 Å². The molecule has 4 nitrogen and oxygen atoms in total. The number of hydrogen-bond acceptors (Lipinski definition) is 3. The molecule has 0 saturated carbocycles. The third kappa shape index (κ3) is 5.03. The Hall–Kier alpha value is -3.48. The van der Waals surface area contributed by atoms with Gasteiger partial charge in [0, 0.05) is 11.6 Å². The Kier molecular flexibility index (Phi) is 5.54. The Balaban J connectivity index is 1.93. The van der Waals surface area contributed by atoms with Crippen molar-refractivity contribution in [1.82, 2.24) is 0 Å². The van der Waals surface area contributed by atoms with Gasteiger partial charge in [-0.3, -0.25) is 0 Å². The molecule has 3 aromatic rings. The first-order valence-electron chi connectivity index (χ1n) is 8.22. The maximum atomic E-state index is 12.9. The topological polar surface area (TPSA) is 55.8 Å². The Morgan fingerprint density at radius 2 is 1.68 bits per heavy atom. The molecule has 0 atom stereocenters. The van der Waals surface area contributed by atoms with Gasteiger partial charge in [0.15, 0.2) is 0 Å². The van der Waals surface area contributed by atoms with Crippen LogP contribution in [0.1, 0.15) is 15.9 Å². The van der Waals surface area contributed by atoms with Gasteiger partial charge in [0.1, 0.15) is 18.1 Å². The number of rotatable bonds is 6. The number of aromatic carboxylic acids is 1. The molecule has 0 aromatic heterocycles. The number of carbonyl (C=O) groups is 1. The predicted molar refractivity (Wildman–Crippen MR) is 96.3 cm³/mol. The average molecular weight is 388 g/mol. The summed E-state index contributed by atoms with van der Waals surface area (Å²) < 4.78 is 48.3. The van der Waals surface area contributed by atoms with Gasteiger partial charge in [-0.15, -0.1) is 13.2 Å². The minimum Gasteiger partial charge on any atom is -0.489 e. The van der Waals surface area contributed by atoms with Crippen molar-refractivity contribution in [1.29, 1.82) is 0 Å². The lowest BCUT2D eigenvalue weighted by Crippen LogP contribution is -2.17. The molecule has 0 radical (unpaired) electrons.